The first-order valence-electron chi connectivity index (χ1n) is 11.3. The van der Waals surface area contributed by atoms with Crippen LogP contribution < -0.4 is 10.2 Å². The number of fused-ring (bicyclic) bond motifs is 1. The molecule has 1 amide bonds. The molecule has 0 atom stereocenters. The Hall–Kier alpha value is -2.70. The molecule has 1 aromatic heterocycles. The average Bonchev–Trinajstić information content (AvgIpc) is 3.08. The minimum absolute atomic E-state index is 0.0397. The Labute approximate surface area is 193 Å². The molecule has 0 bridgehead atoms. The summed E-state index contributed by atoms with van der Waals surface area (Å²) in [4.78, 5) is 16.9. The zero-order chi connectivity index (χ0) is 22.2. The third-order valence-corrected chi connectivity index (χ3v) is 6.81. The molecule has 0 aliphatic carbocycles. The first kappa shape index (κ1) is 22.5. The minimum Gasteiger partial charge on any atom is -0.369 e. The van der Waals surface area contributed by atoms with Gasteiger partial charge >= 0.3 is 0 Å². The highest BCUT2D eigenvalue weighted by Crippen LogP contribution is 2.34. The molecule has 1 fully saturated rings. The van der Waals surface area contributed by atoms with Gasteiger partial charge in [-0.2, -0.15) is 0 Å². The van der Waals surface area contributed by atoms with Gasteiger partial charge in [0.25, 0.3) is 0 Å². The molecule has 0 saturated carbocycles. The lowest BCUT2D eigenvalue weighted by atomic mass is 10.2. The Kier molecular flexibility index (Phi) is 7.91. The molecule has 4 rings (SSSR count). The third kappa shape index (κ3) is 6.17. The molecule has 2 heterocycles. The fourth-order valence-corrected chi connectivity index (χ4v) is 5.13. The number of rotatable bonds is 8. The van der Waals surface area contributed by atoms with Gasteiger partial charge in [0.05, 0.1) is 5.69 Å². The minimum atomic E-state index is -0.170. The molecule has 6 heteroatoms. The molecule has 1 aliphatic rings. The summed E-state index contributed by atoms with van der Waals surface area (Å²) in [6.07, 6.45) is 6.61. The molecule has 1 N–H and O–H groups in total. The summed E-state index contributed by atoms with van der Waals surface area (Å²) in [7, 11) is 0. The predicted octanol–water partition coefficient (Wildman–Crippen LogP) is 5.16. The number of halogens is 1. The van der Waals surface area contributed by atoms with Gasteiger partial charge in [-0.25, -0.2) is 4.39 Å². The Balaban J connectivity index is 1.16. The van der Waals surface area contributed by atoms with Crippen LogP contribution in [0.25, 0.3) is 16.2 Å². The van der Waals surface area contributed by atoms with Gasteiger partial charge in [-0.3, -0.25) is 4.79 Å². The molecule has 1 saturated heterocycles. The van der Waals surface area contributed by atoms with E-state index in [1.165, 1.54) is 5.69 Å². The van der Waals surface area contributed by atoms with Crippen molar-refractivity contribution in [3.05, 3.63) is 71.4 Å². The molecule has 3 aromatic rings. The zero-order valence-corrected chi connectivity index (χ0v) is 19.1. The van der Waals surface area contributed by atoms with E-state index in [0.29, 0.717) is 6.54 Å². The fraction of sp³-hybridized carbons (Fsp3) is 0.346. The number of unbranched alkanes of at least 4 members (excludes halogenated alkanes) is 1. The van der Waals surface area contributed by atoms with E-state index in [9.17, 15) is 9.18 Å². The lowest BCUT2D eigenvalue weighted by molar-refractivity contribution is -0.116. The molecule has 1 aliphatic heterocycles. The SMILES string of the molecule is O=C(C=Cc1ccccc1)NCCCCN1CCCN(c2csc3cc(F)ccc23)CC1. The largest absolute Gasteiger partial charge is 0.369 e. The Morgan fingerprint density at radius 2 is 1.94 bits per heavy atom. The van der Waals surface area contributed by atoms with Crippen LogP contribution in [0.2, 0.25) is 0 Å². The first-order chi connectivity index (χ1) is 15.7. The van der Waals surface area contributed by atoms with E-state index in [-0.39, 0.29) is 11.7 Å². The monoisotopic (exact) mass is 451 g/mol. The Morgan fingerprint density at radius 3 is 2.81 bits per heavy atom. The third-order valence-electron chi connectivity index (χ3n) is 5.87. The van der Waals surface area contributed by atoms with Gasteiger partial charge in [-0.15, -0.1) is 11.3 Å². The van der Waals surface area contributed by atoms with Crippen LogP contribution in [0, 0.1) is 5.82 Å². The van der Waals surface area contributed by atoms with E-state index in [1.807, 2.05) is 42.5 Å². The van der Waals surface area contributed by atoms with Crippen LogP contribution in [0.1, 0.15) is 24.8 Å². The summed E-state index contributed by atoms with van der Waals surface area (Å²) >= 11 is 1.62. The van der Waals surface area contributed by atoms with Crippen molar-refractivity contribution < 1.29 is 9.18 Å². The van der Waals surface area contributed by atoms with Gasteiger partial charge in [0, 0.05) is 47.7 Å². The van der Waals surface area contributed by atoms with Crippen molar-refractivity contribution in [2.24, 2.45) is 0 Å². The normalized spacial score (nSPS) is 15.3. The topological polar surface area (TPSA) is 35.6 Å². The first-order valence-corrected chi connectivity index (χ1v) is 12.2. The maximum Gasteiger partial charge on any atom is 0.243 e. The number of hydrogen-bond acceptors (Lipinski definition) is 4. The highest BCUT2D eigenvalue weighted by Gasteiger charge is 2.17. The summed E-state index contributed by atoms with van der Waals surface area (Å²) in [5.74, 6) is -0.210. The highest BCUT2D eigenvalue weighted by molar-refractivity contribution is 7.17. The number of thiophene rings is 1. The van der Waals surface area contributed by atoms with Crippen molar-refractivity contribution in [1.82, 2.24) is 10.2 Å². The van der Waals surface area contributed by atoms with Gasteiger partial charge in [0.1, 0.15) is 5.82 Å². The summed E-state index contributed by atoms with van der Waals surface area (Å²) in [5.41, 5.74) is 2.26. The van der Waals surface area contributed by atoms with Crippen molar-refractivity contribution in [2.75, 3.05) is 44.2 Å². The molecule has 0 unspecified atom stereocenters. The van der Waals surface area contributed by atoms with Gasteiger partial charge in [-0.1, -0.05) is 30.3 Å². The van der Waals surface area contributed by atoms with Crippen molar-refractivity contribution in [3.63, 3.8) is 0 Å². The number of carbonyl (C=O) groups is 1. The zero-order valence-electron chi connectivity index (χ0n) is 18.3. The molecule has 4 nitrogen and oxygen atoms in total. The van der Waals surface area contributed by atoms with Crippen LogP contribution in [0.15, 0.2) is 60.0 Å². The smallest absolute Gasteiger partial charge is 0.243 e. The summed E-state index contributed by atoms with van der Waals surface area (Å²) < 4.78 is 14.5. The van der Waals surface area contributed by atoms with Gasteiger partial charge in [-0.05, 0) is 62.2 Å². The molecule has 32 heavy (non-hydrogen) atoms. The van der Waals surface area contributed by atoms with Crippen molar-refractivity contribution in [2.45, 2.75) is 19.3 Å². The van der Waals surface area contributed by atoms with Crippen LogP contribution in [-0.2, 0) is 4.79 Å². The van der Waals surface area contributed by atoms with E-state index in [2.05, 4.69) is 20.5 Å². The van der Waals surface area contributed by atoms with Gasteiger partial charge in [0.15, 0.2) is 0 Å². The second-order valence-corrected chi connectivity index (χ2v) is 9.10. The van der Waals surface area contributed by atoms with Crippen LogP contribution in [0.4, 0.5) is 10.1 Å². The van der Waals surface area contributed by atoms with Crippen molar-refractivity contribution in [1.29, 1.82) is 0 Å². The van der Waals surface area contributed by atoms with E-state index in [0.717, 1.165) is 67.6 Å². The standard InChI is InChI=1S/C26H30FN3OS/c27-22-10-11-23-24(20-32-25(23)19-22)30-16-6-15-29(17-18-30)14-5-4-13-28-26(31)12-9-21-7-2-1-3-8-21/h1-3,7-12,19-20H,4-6,13-18H2,(H,28,31). The lowest BCUT2D eigenvalue weighted by Gasteiger charge is -2.23. The lowest BCUT2D eigenvalue weighted by Crippen LogP contribution is -2.31. The van der Waals surface area contributed by atoms with E-state index < -0.39 is 0 Å². The number of hydrogen-bond donors (Lipinski definition) is 1. The van der Waals surface area contributed by atoms with Gasteiger partial charge < -0.3 is 15.1 Å². The number of nitrogens with one attached hydrogen (secondary N) is 1. The number of nitrogens with zero attached hydrogens (tertiary/aromatic N) is 2. The molecule has 0 radical (unpaired) electrons. The summed E-state index contributed by atoms with van der Waals surface area (Å²) in [6.45, 7) is 5.91. The van der Waals surface area contributed by atoms with Gasteiger partial charge in [0.2, 0.25) is 5.91 Å². The molecular weight excluding hydrogens is 421 g/mol. The summed E-state index contributed by atoms with van der Waals surface area (Å²) in [5, 5.41) is 6.29. The maximum absolute atomic E-state index is 13.5. The fourth-order valence-electron chi connectivity index (χ4n) is 4.14. The van der Waals surface area contributed by atoms with E-state index in [1.54, 1.807) is 29.5 Å². The Morgan fingerprint density at radius 1 is 1.06 bits per heavy atom. The van der Waals surface area contributed by atoms with Crippen LogP contribution >= 0.6 is 11.3 Å². The highest BCUT2D eigenvalue weighted by atomic mass is 32.1. The van der Waals surface area contributed by atoms with Crippen molar-refractivity contribution in [3.8, 4) is 0 Å². The maximum atomic E-state index is 13.5. The number of amides is 1. The van der Waals surface area contributed by atoms with E-state index in [4.69, 9.17) is 0 Å². The quantitative estimate of drug-likeness (QED) is 0.379. The second-order valence-electron chi connectivity index (χ2n) is 8.19. The number of anilines is 1. The van der Waals surface area contributed by atoms with Crippen molar-refractivity contribution >= 4 is 39.1 Å². The van der Waals surface area contributed by atoms with Crippen LogP contribution in [0.5, 0.6) is 0 Å². The number of benzene rings is 2. The molecule has 0 spiro atoms. The van der Waals surface area contributed by atoms with E-state index >= 15 is 0 Å². The van der Waals surface area contributed by atoms with Crippen LogP contribution in [-0.4, -0.2) is 50.1 Å². The second kappa shape index (κ2) is 11.2. The average molecular weight is 452 g/mol. The molecule has 2 aromatic carbocycles. The van der Waals surface area contributed by atoms with Crippen LogP contribution in [0.3, 0.4) is 0 Å². The molecule has 168 valence electrons. The predicted molar refractivity (Wildman–Crippen MR) is 133 cm³/mol. The number of carbonyl (C=O) groups excluding carboxylic acids is 1. The Bertz CT molecular complexity index is 1050. The molecular formula is C26H30FN3OS. The summed E-state index contributed by atoms with van der Waals surface area (Å²) in [6, 6.07) is 14.9.